The normalized spacial score (nSPS) is 12.1. The molecule has 94 valence electrons. The molecule has 2 aromatic carbocycles. The van der Waals surface area contributed by atoms with Crippen LogP contribution in [0.25, 0.3) is 0 Å². The van der Waals surface area contributed by atoms with E-state index in [4.69, 9.17) is 4.74 Å². The van der Waals surface area contributed by atoms with Crippen molar-refractivity contribution in [3.63, 3.8) is 0 Å². The maximum Gasteiger partial charge on any atom is 0.119 e. The van der Waals surface area contributed by atoms with Gasteiger partial charge in [-0.05, 0) is 29.8 Å². The average molecular weight is 307 g/mol. The van der Waals surface area contributed by atoms with E-state index in [0.29, 0.717) is 13.0 Å². The Bertz CT molecular complexity index is 485. The Kier molecular flexibility index (Phi) is 4.79. The van der Waals surface area contributed by atoms with E-state index < -0.39 is 6.10 Å². The van der Waals surface area contributed by atoms with Crippen LogP contribution in [0.2, 0.25) is 0 Å². The third kappa shape index (κ3) is 4.17. The van der Waals surface area contributed by atoms with Crippen LogP contribution in [0.5, 0.6) is 5.75 Å². The van der Waals surface area contributed by atoms with E-state index in [1.54, 1.807) is 0 Å². The van der Waals surface area contributed by atoms with Gasteiger partial charge >= 0.3 is 0 Å². The second-order valence-electron chi connectivity index (χ2n) is 4.11. The molecular formula is C15H15BrO2. The predicted octanol–water partition coefficient (Wildman–Crippen LogP) is 3.43. The van der Waals surface area contributed by atoms with Gasteiger partial charge in [0, 0.05) is 10.9 Å². The molecule has 1 atom stereocenters. The van der Waals surface area contributed by atoms with Gasteiger partial charge < -0.3 is 9.84 Å². The highest BCUT2D eigenvalue weighted by Crippen LogP contribution is 2.14. The largest absolute Gasteiger partial charge is 0.491 e. The Morgan fingerprint density at radius 3 is 2.56 bits per heavy atom. The Labute approximate surface area is 115 Å². The summed E-state index contributed by atoms with van der Waals surface area (Å²) in [6.45, 7) is 0.302. The van der Waals surface area contributed by atoms with E-state index in [0.717, 1.165) is 15.8 Å². The predicted molar refractivity (Wildman–Crippen MR) is 75.8 cm³/mol. The standard InChI is InChI=1S/C15H15BrO2/c16-13-6-4-5-12(9-13)10-14(17)11-18-15-7-2-1-3-8-15/h1-9,14,17H,10-11H2. The van der Waals surface area contributed by atoms with Crippen LogP contribution in [-0.2, 0) is 6.42 Å². The lowest BCUT2D eigenvalue weighted by Gasteiger charge is -2.12. The summed E-state index contributed by atoms with van der Waals surface area (Å²) in [5.41, 5.74) is 1.09. The van der Waals surface area contributed by atoms with Crippen molar-refractivity contribution >= 4 is 15.9 Å². The average Bonchev–Trinajstić information content (AvgIpc) is 2.38. The molecule has 0 fully saturated rings. The van der Waals surface area contributed by atoms with Gasteiger partial charge in [0.2, 0.25) is 0 Å². The summed E-state index contributed by atoms with van der Waals surface area (Å²) in [6.07, 6.45) is 0.0891. The van der Waals surface area contributed by atoms with E-state index in [-0.39, 0.29) is 0 Å². The number of ether oxygens (including phenoxy) is 1. The minimum Gasteiger partial charge on any atom is -0.491 e. The number of aliphatic hydroxyl groups is 1. The van der Waals surface area contributed by atoms with Crippen LogP contribution in [0.4, 0.5) is 0 Å². The Hall–Kier alpha value is -1.32. The molecule has 0 aliphatic heterocycles. The fraction of sp³-hybridized carbons (Fsp3) is 0.200. The highest BCUT2D eigenvalue weighted by atomic mass is 79.9. The van der Waals surface area contributed by atoms with Crippen LogP contribution in [0.15, 0.2) is 59.1 Å². The Balaban J connectivity index is 1.84. The molecule has 0 amide bonds. The van der Waals surface area contributed by atoms with Crippen LogP contribution in [0.1, 0.15) is 5.56 Å². The zero-order valence-electron chi connectivity index (χ0n) is 9.92. The molecule has 2 nitrogen and oxygen atoms in total. The topological polar surface area (TPSA) is 29.5 Å². The van der Waals surface area contributed by atoms with Crippen LogP contribution in [-0.4, -0.2) is 17.8 Å². The molecule has 0 spiro atoms. The first kappa shape index (κ1) is 13.1. The van der Waals surface area contributed by atoms with Gasteiger partial charge in [-0.1, -0.05) is 46.3 Å². The minimum atomic E-state index is -0.500. The first-order chi connectivity index (χ1) is 8.74. The lowest BCUT2D eigenvalue weighted by molar-refractivity contribution is 0.108. The van der Waals surface area contributed by atoms with Gasteiger partial charge in [-0.25, -0.2) is 0 Å². The highest BCUT2D eigenvalue weighted by molar-refractivity contribution is 9.10. The van der Waals surface area contributed by atoms with Crippen molar-refractivity contribution in [3.8, 4) is 5.75 Å². The van der Waals surface area contributed by atoms with E-state index >= 15 is 0 Å². The maximum absolute atomic E-state index is 9.91. The molecule has 0 saturated carbocycles. The van der Waals surface area contributed by atoms with E-state index in [1.807, 2.05) is 54.6 Å². The van der Waals surface area contributed by atoms with Crippen LogP contribution >= 0.6 is 15.9 Å². The lowest BCUT2D eigenvalue weighted by Crippen LogP contribution is -2.20. The third-order valence-corrected chi connectivity index (χ3v) is 3.04. The van der Waals surface area contributed by atoms with Crippen LogP contribution in [0.3, 0.4) is 0 Å². The van der Waals surface area contributed by atoms with Crippen LogP contribution in [0, 0.1) is 0 Å². The summed E-state index contributed by atoms with van der Waals surface area (Å²) in [6, 6.07) is 17.5. The van der Waals surface area contributed by atoms with Gasteiger partial charge in [0.25, 0.3) is 0 Å². The highest BCUT2D eigenvalue weighted by Gasteiger charge is 2.06. The summed E-state index contributed by atoms with van der Waals surface area (Å²) in [4.78, 5) is 0. The molecule has 1 unspecified atom stereocenters. The molecule has 2 rings (SSSR count). The molecule has 0 aromatic heterocycles. The number of hydrogen-bond donors (Lipinski definition) is 1. The zero-order valence-corrected chi connectivity index (χ0v) is 11.5. The molecule has 0 aliphatic carbocycles. The molecule has 0 bridgehead atoms. The van der Waals surface area contributed by atoms with Crippen molar-refractivity contribution in [2.24, 2.45) is 0 Å². The van der Waals surface area contributed by atoms with E-state index in [9.17, 15) is 5.11 Å². The number of rotatable bonds is 5. The summed E-state index contributed by atoms with van der Waals surface area (Å²) >= 11 is 3.41. The Morgan fingerprint density at radius 1 is 1.06 bits per heavy atom. The molecule has 0 saturated heterocycles. The molecule has 2 aromatic rings. The van der Waals surface area contributed by atoms with Crippen molar-refractivity contribution in [3.05, 3.63) is 64.6 Å². The van der Waals surface area contributed by atoms with E-state index in [2.05, 4.69) is 15.9 Å². The van der Waals surface area contributed by atoms with E-state index in [1.165, 1.54) is 0 Å². The molecule has 1 N–H and O–H groups in total. The third-order valence-electron chi connectivity index (χ3n) is 2.55. The van der Waals surface area contributed by atoms with Gasteiger partial charge in [-0.2, -0.15) is 0 Å². The van der Waals surface area contributed by atoms with Gasteiger partial charge in [0.05, 0.1) is 6.10 Å². The number of aliphatic hydroxyl groups excluding tert-OH is 1. The summed E-state index contributed by atoms with van der Waals surface area (Å²) < 4.78 is 6.53. The van der Waals surface area contributed by atoms with Gasteiger partial charge in [-0.15, -0.1) is 0 Å². The van der Waals surface area contributed by atoms with Crippen molar-refractivity contribution < 1.29 is 9.84 Å². The SMILES string of the molecule is OC(COc1ccccc1)Cc1cccc(Br)c1. The second kappa shape index (κ2) is 6.57. The first-order valence-electron chi connectivity index (χ1n) is 5.84. The second-order valence-corrected chi connectivity index (χ2v) is 5.03. The molecular weight excluding hydrogens is 292 g/mol. The number of para-hydroxylation sites is 1. The first-order valence-corrected chi connectivity index (χ1v) is 6.64. The summed E-state index contributed by atoms with van der Waals surface area (Å²) in [7, 11) is 0. The van der Waals surface area contributed by atoms with Crippen LogP contribution < -0.4 is 4.74 Å². The van der Waals surface area contributed by atoms with Gasteiger partial charge in [0.15, 0.2) is 0 Å². The number of halogens is 1. The fourth-order valence-electron chi connectivity index (χ4n) is 1.70. The smallest absolute Gasteiger partial charge is 0.119 e. The zero-order chi connectivity index (χ0) is 12.8. The minimum absolute atomic E-state index is 0.302. The summed E-state index contributed by atoms with van der Waals surface area (Å²) in [5.74, 6) is 0.783. The van der Waals surface area contributed by atoms with Crippen molar-refractivity contribution in [2.75, 3.05) is 6.61 Å². The molecule has 0 radical (unpaired) electrons. The van der Waals surface area contributed by atoms with Crippen molar-refractivity contribution in [2.45, 2.75) is 12.5 Å². The molecule has 18 heavy (non-hydrogen) atoms. The molecule has 0 aliphatic rings. The quantitative estimate of drug-likeness (QED) is 0.917. The number of hydrogen-bond acceptors (Lipinski definition) is 2. The van der Waals surface area contributed by atoms with Gasteiger partial charge in [0.1, 0.15) is 12.4 Å². The molecule has 3 heteroatoms. The number of benzene rings is 2. The summed E-state index contributed by atoms with van der Waals surface area (Å²) in [5, 5.41) is 9.91. The Morgan fingerprint density at radius 2 is 1.83 bits per heavy atom. The molecule has 0 heterocycles. The van der Waals surface area contributed by atoms with Crippen molar-refractivity contribution in [1.29, 1.82) is 0 Å². The fourth-order valence-corrected chi connectivity index (χ4v) is 2.15. The lowest BCUT2D eigenvalue weighted by atomic mass is 10.1. The van der Waals surface area contributed by atoms with Gasteiger partial charge in [-0.3, -0.25) is 0 Å². The van der Waals surface area contributed by atoms with Crippen molar-refractivity contribution in [1.82, 2.24) is 0 Å². The monoisotopic (exact) mass is 306 g/mol. The maximum atomic E-state index is 9.91.